The molecule has 1 aliphatic heterocycles. The van der Waals surface area contributed by atoms with E-state index in [0.29, 0.717) is 5.56 Å². The molecule has 6 heteroatoms. The highest BCUT2D eigenvalue weighted by atomic mass is 16.8. The minimum atomic E-state index is -0.773. The Kier molecular flexibility index (Phi) is 1.54. The van der Waals surface area contributed by atoms with Crippen molar-refractivity contribution in [3.8, 4) is 11.8 Å². The summed E-state index contributed by atoms with van der Waals surface area (Å²) in [6, 6.07) is 1.28. The molecule has 1 aromatic heterocycles. The Balaban J connectivity index is 2.25. The molecule has 1 atom stereocenters. The Labute approximate surface area is 72.7 Å². The highest BCUT2D eigenvalue weighted by molar-refractivity contribution is 5.62. The molecule has 3 N–H and O–H groups in total. The monoisotopic (exact) mass is 185 g/mol. The van der Waals surface area contributed by atoms with Gasteiger partial charge < -0.3 is 19.7 Å². The lowest BCUT2D eigenvalue weighted by Gasteiger charge is -2.02. The van der Waals surface area contributed by atoms with E-state index in [0.717, 1.165) is 0 Å². The van der Waals surface area contributed by atoms with Crippen molar-refractivity contribution in [3.05, 3.63) is 11.6 Å². The maximum Gasteiger partial charge on any atom is 0.509 e. The van der Waals surface area contributed by atoms with Crippen LogP contribution in [0, 0.1) is 0 Å². The first-order valence-corrected chi connectivity index (χ1v) is 3.61. The fourth-order valence-corrected chi connectivity index (χ4v) is 1.17. The Morgan fingerprint density at radius 1 is 1.54 bits per heavy atom. The van der Waals surface area contributed by atoms with Crippen LogP contribution in [0.25, 0.3) is 0 Å². The van der Waals surface area contributed by atoms with Crippen LogP contribution in [0.2, 0.25) is 0 Å². The second-order valence-electron chi connectivity index (χ2n) is 2.63. The summed E-state index contributed by atoms with van der Waals surface area (Å²) in [5.41, 5.74) is 0.309. The molecule has 1 saturated heterocycles. The van der Waals surface area contributed by atoms with Crippen molar-refractivity contribution < 1.29 is 24.5 Å². The predicted octanol–water partition coefficient (Wildman–Crippen LogP) is 0.634. The molecule has 70 valence electrons. The van der Waals surface area contributed by atoms with Gasteiger partial charge in [0.25, 0.3) is 0 Å². The van der Waals surface area contributed by atoms with Gasteiger partial charge in [-0.15, -0.1) is 0 Å². The molecule has 1 aromatic rings. The third-order valence-corrected chi connectivity index (χ3v) is 1.75. The molecule has 0 aliphatic carbocycles. The lowest BCUT2D eigenvalue weighted by atomic mass is 10.2. The summed E-state index contributed by atoms with van der Waals surface area (Å²) in [7, 11) is 0. The smallest absolute Gasteiger partial charge is 0.494 e. The molecule has 1 fully saturated rings. The minimum absolute atomic E-state index is 0.0453. The summed E-state index contributed by atoms with van der Waals surface area (Å²) in [4.78, 5) is 12.8. The van der Waals surface area contributed by atoms with Crippen molar-refractivity contribution in [2.75, 3.05) is 6.61 Å². The largest absolute Gasteiger partial charge is 0.509 e. The van der Waals surface area contributed by atoms with E-state index >= 15 is 0 Å². The van der Waals surface area contributed by atoms with Crippen LogP contribution in [0.5, 0.6) is 11.8 Å². The molecular weight excluding hydrogens is 178 g/mol. The van der Waals surface area contributed by atoms with Gasteiger partial charge in [0, 0.05) is 6.07 Å². The highest BCUT2D eigenvalue weighted by Gasteiger charge is 2.30. The first-order valence-electron chi connectivity index (χ1n) is 3.61. The third-order valence-electron chi connectivity index (χ3n) is 1.75. The van der Waals surface area contributed by atoms with E-state index in [9.17, 15) is 9.90 Å². The molecule has 2 heterocycles. The number of nitrogens with one attached hydrogen (secondary N) is 1. The fraction of sp³-hybridized carbons (Fsp3) is 0.286. The van der Waals surface area contributed by atoms with E-state index in [1.807, 2.05) is 0 Å². The normalized spacial score (nSPS) is 21.2. The molecule has 0 radical (unpaired) electrons. The molecule has 0 spiro atoms. The SMILES string of the molecule is O=C1OCC(c2cc(O)[nH]c2O)O1. The molecule has 0 saturated carbocycles. The van der Waals surface area contributed by atoms with E-state index < -0.39 is 12.3 Å². The van der Waals surface area contributed by atoms with Crippen LogP contribution in [0.4, 0.5) is 4.79 Å². The number of aromatic nitrogens is 1. The zero-order valence-corrected chi connectivity index (χ0v) is 6.48. The minimum Gasteiger partial charge on any atom is -0.494 e. The van der Waals surface area contributed by atoms with Gasteiger partial charge in [-0.3, -0.25) is 4.98 Å². The molecule has 2 rings (SSSR count). The van der Waals surface area contributed by atoms with Crippen molar-refractivity contribution in [2.45, 2.75) is 6.10 Å². The van der Waals surface area contributed by atoms with Crippen molar-refractivity contribution in [3.63, 3.8) is 0 Å². The zero-order valence-electron chi connectivity index (χ0n) is 6.48. The maximum absolute atomic E-state index is 10.5. The van der Waals surface area contributed by atoms with Gasteiger partial charge in [0.15, 0.2) is 17.9 Å². The molecule has 0 aromatic carbocycles. The van der Waals surface area contributed by atoms with E-state index in [1.165, 1.54) is 6.07 Å². The van der Waals surface area contributed by atoms with Gasteiger partial charge in [0.1, 0.15) is 6.61 Å². The quantitative estimate of drug-likeness (QED) is 0.558. The van der Waals surface area contributed by atoms with Crippen molar-refractivity contribution in [1.29, 1.82) is 0 Å². The van der Waals surface area contributed by atoms with Gasteiger partial charge in [-0.1, -0.05) is 0 Å². The molecule has 0 amide bonds. The molecule has 13 heavy (non-hydrogen) atoms. The summed E-state index contributed by atoms with van der Waals surface area (Å²) in [6.07, 6.45) is -1.42. The van der Waals surface area contributed by atoms with Crippen LogP contribution in [-0.4, -0.2) is 28.0 Å². The van der Waals surface area contributed by atoms with Crippen LogP contribution in [0.3, 0.4) is 0 Å². The Hall–Kier alpha value is -1.85. The second-order valence-corrected chi connectivity index (χ2v) is 2.63. The van der Waals surface area contributed by atoms with E-state index in [4.69, 9.17) is 5.11 Å². The van der Waals surface area contributed by atoms with Crippen LogP contribution >= 0.6 is 0 Å². The highest BCUT2D eigenvalue weighted by Crippen LogP contribution is 2.32. The number of rotatable bonds is 1. The Morgan fingerprint density at radius 3 is 2.77 bits per heavy atom. The number of hydrogen-bond acceptors (Lipinski definition) is 5. The van der Waals surface area contributed by atoms with Crippen molar-refractivity contribution >= 4 is 6.16 Å². The third kappa shape index (κ3) is 1.26. The van der Waals surface area contributed by atoms with Crippen LogP contribution in [0.15, 0.2) is 6.07 Å². The van der Waals surface area contributed by atoms with E-state index in [1.54, 1.807) is 0 Å². The number of carbonyl (C=O) groups excluding carboxylic acids is 1. The summed E-state index contributed by atoms with van der Waals surface area (Å²) < 4.78 is 9.21. The van der Waals surface area contributed by atoms with Gasteiger partial charge in [0.2, 0.25) is 0 Å². The molecule has 0 bridgehead atoms. The van der Waals surface area contributed by atoms with Crippen molar-refractivity contribution in [1.82, 2.24) is 4.98 Å². The molecule has 1 unspecified atom stereocenters. The number of hydrogen-bond donors (Lipinski definition) is 3. The number of aromatic amines is 1. The van der Waals surface area contributed by atoms with E-state index in [2.05, 4.69) is 14.5 Å². The standard InChI is InChI=1S/C7H7NO5/c9-5-1-3(6(10)8-5)4-2-12-7(11)13-4/h1,4,8-10H,2H2. The lowest BCUT2D eigenvalue weighted by molar-refractivity contribution is 0.118. The van der Waals surface area contributed by atoms with Gasteiger partial charge in [-0.25, -0.2) is 4.79 Å². The summed E-state index contributed by atoms with van der Waals surface area (Å²) in [5.74, 6) is -0.406. The number of ether oxygens (including phenoxy) is 2. The molecule has 1 aliphatic rings. The summed E-state index contributed by atoms with van der Waals surface area (Å²) in [6.45, 7) is 0.0453. The van der Waals surface area contributed by atoms with Crippen LogP contribution in [-0.2, 0) is 9.47 Å². The van der Waals surface area contributed by atoms with E-state index in [-0.39, 0.29) is 18.4 Å². The first-order chi connectivity index (χ1) is 6.16. The van der Waals surface area contributed by atoms with Gasteiger partial charge in [0.05, 0.1) is 5.56 Å². The summed E-state index contributed by atoms with van der Waals surface area (Å²) >= 11 is 0. The average Bonchev–Trinajstić information content (AvgIpc) is 2.58. The predicted molar refractivity (Wildman–Crippen MR) is 39.3 cm³/mol. The van der Waals surface area contributed by atoms with Gasteiger partial charge in [-0.05, 0) is 0 Å². The van der Waals surface area contributed by atoms with Crippen molar-refractivity contribution in [2.24, 2.45) is 0 Å². The zero-order chi connectivity index (χ0) is 9.42. The second kappa shape index (κ2) is 2.58. The first kappa shape index (κ1) is 7.78. The average molecular weight is 185 g/mol. The van der Waals surface area contributed by atoms with Crippen LogP contribution in [0.1, 0.15) is 11.7 Å². The Bertz CT molecular complexity index is 345. The number of aromatic hydroxyl groups is 2. The number of H-pyrrole nitrogens is 1. The molecular formula is C7H7NO5. The summed E-state index contributed by atoms with van der Waals surface area (Å²) in [5, 5.41) is 18.2. The lowest BCUT2D eigenvalue weighted by Crippen LogP contribution is -1.98. The Morgan fingerprint density at radius 2 is 2.31 bits per heavy atom. The molecule has 6 nitrogen and oxygen atoms in total. The number of cyclic esters (lactones) is 2. The fourth-order valence-electron chi connectivity index (χ4n) is 1.17. The number of carbonyl (C=O) groups is 1. The van der Waals surface area contributed by atoms with Gasteiger partial charge in [-0.2, -0.15) is 0 Å². The van der Waals surface area contributed by atoms with Gasteiger partial charge >= 0.3 is 6.16 Å². The van der Waals surface area contributed by atoms with Crippen LogP contribution < -0.4 is 0 Å². The maximum atomic E-state index is 10.5. The topological polar surface area (TPSA) is 91.8 Å².